The van der Waals surface area contributed by atoms with E-state index in [-0.39, 0.29) is 5.54 Å². The van der Waals surface area contributed by atoms with Gasteiger partial charge in [0.15, 0.2) is 0 Å². The first-order valence-corrected chi connectivity index (χ1v) is 7.13. The van der Waals surface area contributed by atoms with Crippen molar-refractivity contribution in [3.8, 4) is 0 Å². The van der Waals surface area contributed by atoms with Gasteiger partial charge in [0.05, 0.1) is 5.56 Å². The SMILES string of the molecule is Cc1cc(C(=O)O)ccc1N1CCN(C(C)(C)C)CC1. The lowest BCUT2D eigenvalue weighted by atomic mass is 10.0. The minimum Gasteiger partial charge on any atom is -0.478 e. The first-order valence-electron chi connectivity index (χ1n) is 7.13. The van der Waals surface area contributed by atoms with Crippen LogP contribution >= 0.6 is 0 Å². The van der Waals surface area contributed by atoms with Crippen molar-refractivity contribution in [3.05, 3.63) is 29.3 Å². The van der Waals surface area contributed by atoms with Gasteiger partial charge in [-0.1, -0.05) is 0 Å². The maximum Gasteiger partial charge on any atom is 0.335 e. The van der Waals surface area contributed by atoms with E-state index in [0.717, 1.165) is 37.4 Å². The summed E-state index contributed by atoms with van der Waals surface area (Å²) >= 11 is 0. The molecule has 0 saturated carbocycles. The fraction of sp³-hybridized carbons (Fsp3) is 0.562. The number of aromatic carboxylic acids is 1. The average molecular weight is 276 g/mol. The van der Waals surface area contributed by atoms with Gasteiger partial charge in [-0.15, -0.1) is 0 Å². The number of nitrogens with zero attached hydrogens (tertiary/aromatic N) is 2. The Bertz CT molecular complexity index is 498. The van der Waals surface area contributed by atoms with Crippen molar-refractivity contribution >= 4 is 11.7 Å². The molecule has 1 saturated heterocycles. The van der Waals surface area contributed by atoms with E-state index in [1.807, 2.05) is 13.0 Å². The Balaban J connectivity index is 2.09. The second kappa shape index (κ2) is 5.44. The van der Waals surface area contributed by atoms with Gasteiger partial charge in [0.1, 0.15) is 0 Å². The van der Waals surface area contributed by atoms with Gasteiger partial charge in [-0.3, -0.25) is 4.90 Å². The van der Waals surface area contributed by atoms with Crippen molar-refractivity contribution in [3.63, 3.8) is 0 Å². The van der Waals surface area contributed by atoms with Crippen molar-refractivity contribution in [2.45, 2.75) is 33.2 Å². The minimum absolute atomic E-state index is 0.217. The summed E-state index contributed by atoms with van der Waals surface area (Å²) in [4.78, 5) is 15.8. The number of hydrogen-bond acceptors (Lipinski definition) is 3. The third-order valence-corrected chi connectivity index (χ3v) is 4.01. The molecule has 0 bridgehead atoms. The predicted molar refractivity (Wildman–Crippen MR) is 81.7 cm³/mol. The lowest BCUT2D eigenvalue weighted by Crippen LogP contribution is -2.53. The normalized spacial score (nSPS) is 17.3. The van der Waals surface area contributed by atoms with E-state index in [0.29, 0.717) is 5.56 Å². The quantitative estimate of drug-likeness (QED) is 0.902. The summed E-state index contributed by atoms with van der Waals surface area (Å²) in [6, 6.07) is 5.39. The van der Waals surface area contributed by atoms with Crippen molar-refractivity contribution in [2.75, 3.05) is 31.1 Å². The molecule has 0 amide bonds. The van der Waals surface area contributed by atoms with E-state index in [2.05, 4.69) is 30.6 Å². The number of piperazine rings is 1. The molecular formula is C16H24N2O2. The van der Waals surface area contributed by atoms with Crippen LogP contribution in [0.5, 0.6) is 0 Å². The maximum atomic E-state index is 11.0. The van der Waals surface area contributed by atoms with Gasteiger partial charge in [0, 0.05) is 37.4 Å². The molecule has 2 rings (SSSR count). The van der Waals surface area contributed by atoms with Crippen LogP contribution in [0.3, 0.4) is 0 Å². The van der Waals surface area contributed by atoms with E-state index in [9.17, 15) is 4.79 Å². The molecule has 1 N–H and O–H groups in total. The summed E-state index contributed by atoms with van der Waals surface area (Å²) < 4.78 is 0. The van der Waals surface area contributed by atoms with Crippen LogP contribution in [0.2, 0.25) is 0 Å². The zero-order valence-corrected chi connectivity index (χ0v) is 12.8. The first kappa shape index (κ1) is 14.9. The largest absolute Gasteiger partial charge is 0.478 e. The van der Waals surface area contributed by atoms with Crippen molar-refractivity contribution in [1.29, 1.82) is 0 Å². The van der Waals surface area contributed by atoms with Crippen molar-refractivity contribution in [1.82, 2.24) is 4.90 Å². The van der Waals surface area contributed by atoms with Crippen LogP contribution in [0.25, 0.3) is 0 Å². The molecule has 1 aliphatic heterocycles. The summed E-state index contributed by atoms with van der Waals surface area (Å²) in [6.07, 6.45) is 0. The number of carboxylic acid groups (broad SMARTS) is 1. The summed E-state index contributed by atoms with van der Waals surface area (Å²) in [5.41, 5.74) is 2.77. The highest BCUT2D eigenvalue weighted by molar-refractivity contribution is 5.88. The molecule has 20 heavy (non-hydrogen) atoms. The van der Waals surface area contributed by atoms with Crippen LogP contribution in [0.4, 0.5) is 5.69 Å². The van der Waals surface area contributed by atoms with E-state index in [1.54, 1.807) is 12.1 Å². The van der Waals surface area contributed by atoms with Crippen LogP contribution in [0, 0.1) is 6.92 Å². The predicted octanol–water partition coefficient (Wildman–Crippen LogP) is 2.61. The molecule has 0 spiro atoms. The van der Waals surface area contributed by atoms with Gasteiger partial charge >= 0.3 is 5.97 Å². The molecule has 1 aromatic carbocycles. The van der Waals surface area contributed by atoms with Gasteiger partial charge < -0.3 is 10.0 Å². The fourth-order valence-electron chi connectivity index (χ4n) is 2.76. The molecule has 1 aliphatic rings. The van der Waals surface area contributed by atoms with E-state index >= 15 is 0 Å². The van der Waals surface area contributed by atoms with Gasteiger partial charge in [-0.2, -0.15) is 0 Å². The second-order valence-corrected chi connectivity index (χ2v) is 6.45. The van der Waals surface area contributed by atoms with Gasteiger partial charge in [-0.25, -0.2) is 4.79 Å². The molecule has 0 aromatic heterocycles. The zero-order valence-electron chi connectivity index (χ0n) is 12.8. The number of carboxylic acids is 1. The van der Waals surface area contributed by atoms with Crippen LogP contribution in [-0.2, 0) is 0 Å². The minimum atomic E-state index is -0.864. The average Bonchev–Trinajstić information content (AvgIpc) is 2.37. The van der Waals surface area contributed by atoms with Crippen molar-refractivity contribution < 1.29 is 9.90 Å². The van der Waals surface area contributed by atoms with Gasteiger partial charge in [-0.05, 0) is 51.5 Å². The highest BCUT2D eigenvalue weighted by Gasteiger charge is 2.26. The fourth-order valence-corrected chi connectivity index (χ4v) is 2.76. The molecule has 1 heterocycles. The highest BCUT2D eigenvalue weighted by Crippen LogP contribution is 2.24. The molecule has 4 nitrogen and oxygen atoms in total. The molecule has 0 aliphatic carbocycles. The standard InChI is InChI=1S/C16H24N2O2/c1-12-11-13(15(19)20)5-6-14(12)17-7-9-18(10-8-17)16(2,3)4/h5-6,11H,7-10H2,1-4H3,(H,19,20). The summed E-state index contributed by atoms with van der Waals surface area (Å²) in [5.74, 6) is -0.864. The number of hydrogen-bond donors (Lipinski definition) is 1. The van der Waals surface area contributed by atoms with E-state index in [4.69, 9.17) is 5.11 Å². The summed E-state index contributed by atoms with van der Waals surface area (Å²) in [6.45, 7) is 12.8. The summed E-state index contributed by atoms with van der Waals surface area (Å²) in [7, 11) is 0. The third-order valence-electron chi connectivity index (χ3n) is 4.01. The van der Waals surface area contributed by atoms with Crippen LogP contribution < -0.4 is 4.90 Å². The number of benzene rings is 1. The van der Waals surface area contributed by atoms with Crippen LogP contribution in [0.1, 0.15) is 36.7 Å². The smallest absolute Gasteiger partial charge is 0.335 e. The zero-order chi connectivity index (χ0) is 14.9. The Morgan fingerprint density at radius 2 is 1.75 bits per heavy atom. The summed E-state index contributed by atoms with van der Waals surface area (Å²) in [5, 5.41) is 9.01. The Morgan fingerprint density at radius 3 is 2.20 bits per heavy atom. The molecular weight excluding hydrogens is 252 g/mol. The first-order chi connectivity index (χ1) is 9.29. The van der Waals surface area contributed by atoms with Crippen LogP contribution in [0.15, 0.2) is 18.2 Å². The Hall–Kier alpha value is -1.55. The molecule has 1 fully saturated rings. The molecule has 1 aromatic rings. The van der Waals surface area contributed by atoms with Gasteiger partial charge in [0.25, 0.3) is 0 Å². The number of carbonyl (C=O) groups is 1. The van der Waals surface area contributed by atoms with E-state index < -0.39 is 5.97 Å². The molecule has 110 valence electrons. The number of aryl methyl sites for hydroxylation is 1. The Kier molecular flexibility index (Phi) is 4.04. The Morgan fingerprint density at radius 1 is 1.15 bits per heavy atom. The van der Waals surface area contributed by atoms with Gasteiger partial charge in [0.2, 0.25) is 0 Å². The maximum absolute atomic E-state index is 11.0. The molecule has 0 unspecified atom stereocenters. The monoisotopic (exact) mass is 276 g/mol. The molecule has 0 atom stereocenters. The lowest BCUT2D eigenvalue weighted by Gasteiger charge is -2.43. The van der Waals surface area contributed by atoms with Crippen LogP contribution in [-0.4, -0.2) is 47.7 Å². The molecule has 4 heteroatoms. The second-order valence-electron chi connectivity index (χ2n) is 6.45. The third kappa shape index (κ3) is 3.12. The molecule has 0 radical (unpaired) electrons. The van der Waals surface area contributed by atoms with E-state index in [1.165, 1.54) is 0 Å². The topological polar surface area (TPSA) is 43.8 Å². The highest BCUT2D eigenvalue weighted by atomic mass is 16.4. The number of anilines is 1. The number of rotatable bonds is 2. The lowest BCUT2D eigenvalue weighted by molar-refractivity contribution is 0.0696. The van der Waals surface area contributed by atoms with Crippen molar-refractivity contribution in [2.24, 2.45) is 0 Å². The Labute approximate surface area is 121 Å².